The van der Waals surface area contributed by atoms with Gasteiger partial charge in [0.1, 0.15) is 0 Å². The number of hydrogen-bond donors (Lipinski definition) is 2. The molecule has 2 rings (SSSR count). The molecular weight excluding hydrogens is 460 g/mol. The number of halogens is 3. The third-order valence-electron chi connectivity index (χ3n) is 2.40. The van der Waals surface area contributed by atoms with E-state index in [0.717, 1.165) is 17.6 Å². The maximum Gasteiger partial charge on any atom is 0.257 e. The highest BCUT2D eigenvalue weighted by atomic mass is 79.9. The van der Waals surface area contributed by atoms with Crippen molar-refractivity contribution in [1.29, 1.82) is 0 Å². The quantitative estimate of drug-likeness (QED) is 0.597. The van der Waals surface area contributed by atoms with Gasteiger partial charge < -0.3 is 11.1 Å². The summed E-state index contributed by atoms with van der Waals surface area (Å²) in [5.74, 6) is -0.204. The summed E-state index contributed by atoms with van der Waals surface area (Å²) in [6.07, 6.45) is 0. The lowest BCUT2D eigenvalue weighted by Crippen LogP contribution is -2.13. The van der Waals surface area contributed by atoms with E-state index in [-0.39, 0.29) is 5.91 Å². The first-order chi connectivity index (χ1) is 8.88. The van der Waals surface area contributed by atoms with Crippen molar-refractivity contribution in [2.45, 2.75) is 6.92 Å². The molecule has 0 saturated heterocycles. The van der Waals surface area contributed by atoms with Crippen molar-refractivity contribution in [1.82, 2.24) is 0 Å². The number of amides is 1. The van der Waals surface area contributed by atoms with Crippen molar-refractivity contribution in [3.05, 3.63) is 41.4 Å². The van der Waals surface area contributed by atoms with Gasteiger partial charge in [0.05, 0.1) is 24.5 Å². The van der Waals surface area contributed by atoms with Gasteiger partial charge in [-0.05, 0) is 78.5 Å². The van der Waals surface area contributed by atoms with E-state index >= 15 is 0 Å². The fraction of sp³-hybridized carbons (Fsp3) is 0.0833. The molecule has 3 nitrogen and oxygen atoms in total. The van der Waals surface area contributed by atoms with E-state index in [1.165, 1.54) is 11.3 Å². The van der Waals surface area contributed by atoms with Gasteiger partial charge >= 0.3 is 0 Å². The third-order valence-corrected chi connectivity index (χ3v) is 5.37. The maximum absolute atomic E-state index is 12.2. The third kappa shape index (κ3) is 3.39. The van der Waals surface area contributed by atoms with Gasteiger partial charge in [-0.25, -0.2) is 0 Å². The number of carbonyl (C=O) groups excluding carboxylic acids is 1. The van der Waals surface area contributed by atoms with Crippen LogP contribution < -0.4 is 11.1 Å². The Morgan fingerprint density at radius 1 is 1.26 bits per heavy atom. The Bertz CT molecular complexity index is 631. The topological polar surface area (TPSA) is 55.1 Å². The summed E-state index contributed by atoms with van der Waals surface area (Å²) in [5, 5.41) is 2.82. The molecule has 0 aliphatic rings. The molecule has 0 atom stereocenters. The molecule has 1 aromatic heterocycles. The highest BCUT2D eigenvalue weighted by Crippen LogP contribution is 2.34. The number of rotatable bonds is 2. The van der Waals surface area contributed by atoms with E-state index < -0.39 is 0 Å². The lowest BCUT2D eigenvalue weighted by atomic mass is 10.2. The minimum absolute atomic E-state index is 0.204. The van der Waals surface area contributed by atoms with E-state index in [1.807, 2.05) is 19.1 Å². The van der Waals surface area contributed by atoms with Crippen LogP contribution in [0.3, 0.4) is 0 Å². The van der Waals surface area contributed by atoms with E-state index in [4.69, 9.17) is 5.73 Å². The average molecular weight is 469 g/mol. The Hall–Kier alpha value is -0.370. The predicted octanol–water partition coefficient (Wildman–Crippen LogP) is 5.18. The van der Waals surface area contributed by atoms with Crippen molar-refractivity contribution in [2.24, 2.45) is 0 Å². The highest BCUT2D eigenvalue weighted by Gasteiger charge is 2.16. The molecular formula is C12H9Br3N2OS. The zero-order chi connectivity index (χ0) is 14.2. The van der Waals surface area contributed by atoms with Crippen LogP contribution in [0, 0.1) is 6.92 Å². The summed E-state index contributed by atoms with van der Waals surface area (Å²) in [5.41, 5.74) is 8.65. The van der Waals surface area contributed by atoms with Crippen LogP contribution in [0.2, 0.25) is 0 Å². The fourth-order valence-corrected chi connectivity index (χ4v) is 5.06. The smallest absolute Gasteiger partial charge is 0.257 e. The van der Waals surface area contributed by atoms with Crippen LogP contribution in [-0.2, 0) is 0 Å². The minimum atomic E-state index is -0.204. The van der Waals surface area contributed by atoms with Crippen LogP contribution in [0.5, 0.6) is 0 Å². The van der Waals surface area contributed by atoms with Crippen LogP contribution >= 0.6 is 59.1 Å². The van der Waals surface area contributed by atoms with Crippen molar-refractivity contribution < 1.29 is 4.79 Å². The second-order valence-corrected chi connectivity index (χ2v) is 8.51. The second kappa shape index (κ2) is 5.95. The largest absolute Gasteiger partial charge is 0.397 e. The van der Waals surface area contributed by atoms with Crippen molar-refractivity contribution >= 4 is 76.4 Å². The minimum Gasteiger partial charge on any atom is -0.397 e. The summed E-state index contributed by atoms with van der Waals surface area (Å²) in [7, 11) is 0. The molecule has 0 bridgehead atoms. The van der Waals surface area contributed by atoms with Gasteiger partial charge in [-0.2, -0.15) is 0 Å². The first-order valence-corrected chi connectivity index (χ1v) is 8.40. The van der Waals surface area contributed by atoms with E-state index in [2.05, 4.69) is 53.1 Å². The number of benzene rings is 1. The van der Waals surface area contributed by atoms with E-state index in [9.17, 15) is 4.79 Å². The first kappa shape index (κ1) is 15.0. The molecule has 0 aliphatic heterocycles. The van der Waals surface area contributed by atoms with Gasteiger partial charge in [0.15, 0.2) is 0 Å². The molecule has 7 heteroatoms. The zero-order valence-corrected chi connectivity index (χ0v) is 15.3. The zero-order valence-electron chi connectivity index (χ0n) is 9.76. The van der Waals surface area contributed by atoms with Gasteiger partial charge in [-0.1, -0.05) is 0 Å². The number of nitrogens with two attached hydrogens (primary N) is 1. The Kier molecular flexibility index (Phi) is 4.70. The average Bonchev–Trinajstić information content (AvgIpc) is 2.62. The number of anilines is 2. The summed E-state index contributed by atoms with van der Waals surface area (Å²) >= 11 is 11.6. The summed E-state index contributed by atoms with van der Waals surface area (Å²) in [6, 6.07) is 5.49. The number of aryl methyl sites for hydroxylation is 1. The molecule has 3 N–H and O–H groups in total. The molecule has 2 aromatic rings. The molecule has 19 heavy (non-hydrogen) atoms. The molecule has 0 fully saturated rings. The molecule has 0 aliphatic carbocycles. The van der Waals surface area contributed by atoms with Gasteiger partial charge in [0, 0.05) is 4.47 Å². The number of carbonyl (C=O) groups is 1. The standard InChI is InChI=1S/C12H9Br3N2OS/c1-5-2-7(13)10(8(16)3-5)17-12(18)6-4-9(14)19-11(6)15/h2-4H,16H2,1H3,(H,17,18). The van der Waals surface area contributed by atoms with Crippen molar-refractivity contribution in [3.63, 3.8) is 0 Å². The van der Waals surface area contributed by atoms with Crippen LogP contribution in [0.4, 0.5) is 11.4 Å². The van der Waals surface area contributed by atoms with Crippen LogP contribution in [0.25, 0.3) is 0 Å². The number of hydrogen-bond acceptors (Lipinski definition) is 3. The normalized spacial score (nSPS) is 10.5. The van der Waals surface area contributed by atoms with Gasteiger partial charge in [0.2, 0.25) is 0 Å². The van der Waals surface area contributed by atoms with Gasteiger partial charge in [-0.3, -0.25) is 4.79 Å². The second-order valence-electron chi connectivity index (χ2n) is 3.90. The number of thiophene rings is 1. The maximum atomic E-state index is 12.2. The van der Waals surface area contributed by atoms with Crippen molar-refractivity contribution in [2.75, 3.05) is 11.1 Å². The molecule has 1 aromatic carbocycles. The van der Waals surface area contributed by atoms with Crippen molar-refractivity contribution in [3.8, 4) is 0 Å². The molecule has 0 saturated carbocycles. The van der Waals surface area contributed by atoms with E-state index in [0.29, 0.717) is 16.9 Å². The summed E-state index contributed by atoms with van der Waals surface area (Å²) < 4.78 is 2.43. The van der Waals surface area contributed by atoms with Gasteiger partial charge in [-0.15, -0.1) is 11.3 Å². The first-order valence-electron chi connectivity index (χ1n) is 5.20. The summed E-state index contributed by atoms with van der Waals surface area (Å²) in [6.45, 7) is 1.94. The highest BCUT2D eigenvalue weighted by molar-refractivity contribution is 9.12. The number of nitrogens with one attached hydrogen (secondary N) is 1. The van der Waals surface area contributed by atoms with Crippen LogP contribution in [-0.4, -0.2) is 5.91 Å². The molecule has 0 spiro atoms. The lowest BCUT2D eigenvalue weighted by Gasteiger charge is -2.11. The molecule has 0 radical (unpaired) electrons. The van der Waals surface area contributed by atoms with Crippen LogP contribution in [0.15, 0.2) is 30.2 Å². The number of nitrogen functional groups attached to an aromatic ring is 1. The lowest BCUT2D eigenvalue weighted by molar-refractivity contribution is 0.102. The van der Waals surface area contributed by atoms with E-state index in [1.54, 1.807) is 6.07 Å². The Morgan fingerprint density at radius 2 is 1.95 bits per heavy atom. The molecule has 0 unspecified atom stereocenters. The monoisotopic (exact) mass is 466 g/mol. The molecule has 1 amide bonds. The van der Waals surface area contributed by atoms with Crippen LogP contribution in [0.1, 0.15) is 15.9 Å². The summed E-state index contributed by atoms with van der Waals surface area (Å²) in [4.78, 5) is 12.2. The molecule has 1 heterocycles. The molecule has 100 valence electrons. The van der Waals surface area contributed by atoms with Gasteiger partial charge in [0.25, 0.3) is 5.91 Å². The Labute approximate surface area is 140 Å². The fourth-order valence-electron chi connectivity index (χ4n) is 1.58. The SMILES string of the molecule is Cc1cc(N)c(NC(=O)c2cc(Br)sc2Br)c(Br)c1. The predicted molar refractivity (Wildman–Crippen MR) is 91.0 cm³/mol. The Balaban J connectivity index is 2.32. The Morgan fingerprint density at radius 3 is 2.47 bits per heavy atom.